The van der Waals surface area contributed by atoms with Crippen LogP contribution in [-0.2, 0) is 9.59 Å². The van der Waals surface area contributed by atoms with Crippen LogP contribution in [0.4, 0.5) is 5.69 Å². The predicted octanol–water partition coefficient (Wildman–Crippen LogP) is 2.20. The molecule has 1 amide bonds. The molecule has 0 bridgehead atoms. The molecule has 1 atom stereocenters. The lowest BCUT2D eigenvalue weighted by Crippen LogP contribution is -2.15. The van der Waals surface area contributed by atoms with Crippen LogP contribution in [-0.4, -0.2) is 30.6 Å². The first-order valence-corrected chi connectivity index (χ1v) is 6.79. The molecule has 0 aliphatic rings. The maximum Gasteiger partial charge on any atom is 0.303 e. The van der Waals surface area contributed by atoms with Crippen LogP contribution in [0.25, 0.3) is 0 Å². The highest BCUT2D eigenvalue weighted by molar-refractivity contribution is 5.90. The van der Waals surface area contributed by atoms with Gasteiger partial charge in [0.05, 0.1) is 6.42 Å². The fourth-order valence-electron chi connectivity index (χ4n) is 1.92. The van der Waals surface area contributed by atoms with Crippen LogP contribution in [0.1, 0.15) is 37.7 Å². The van der Waals surface area contributed by atoms with Crippen molar-refractivity contribution in [1.82, 2.24) is 5.32 Å². The minimum absolute atomic E-state index is 0.00779. The van der Waals surface area contributed by atoms with E-state index in [1.54, 1.807) is 0 Å². The van der Waals surface area contributed by atoms with Crippen molar-refractivity contribution in [2.75, 3.05) is 18.9 Å². The third-order valence-corrected chi connectivity index (χ3v) is 3.07. The average Bonchev–Trinajstić information content (AvgIpc) is 2.39. The van der Waals surface area contributed by atoms with E-state index in [2.05, 4.69) is 10.6 Å². The Bertz CT molecular complexity index is 443. The standard InChI is InChI=1S/C15H22N2O3/c1-11(10-15(19)20)12-5-7-13(8-6-12)17-14(18)4-3-9-16-2/h5-8,11,16H,3-4,9-10H2,1-2H3,(H,17,18)(H,19,20). The molecule has 1 aromatic rings. The first-order chi connectivity index (χ1) is 9.52. The van der Waals surface area contributed by atoms with Gasteiger partial charge in [0.2, 0.25) is 5.91 Å². The molecule has 0 heterocycles. The second-order valence-corrected chi connectivity index (χ2v) is 4.88. The molecule has 0 spiro atoms. The zero-order chi connectivity index (χ0) is 15.0. The molecule has 0 saturated heterocycles. The Kier molecular flexibility index (Phi) is 6.73. The molecule has 5 nitrogen and oxygen atoms in total. The van der Waals surface area contributed by atoms with Crippen molar-refractivity contribution in [2.24, 2.45) is 0 Å². The van der Waals surface area contributed by atoms with Crippen LogP contribution >= 0.6 is 0 Å². The quantitative estimate of drug-likeness (QED) is 0.637. The van der Waals surface area contributed by atoms with Crippen LogP contribution in [0.15, 0.2) is 24.3 Å². The fourth-order valence-corrected chi connectivity index (χ4v) is 1.92. The molecule has 1 aromatic carbocycles. The molecule has 5 heteroatoms. The Balaban J connectivity index is 2.49. The van der Waals surface area contributed by atoms with Gasteiger partial charge in [-0.25, -0.2) is 0 Å². The van der Waals surface area contributed by atoms with Gasteiger partial charge in [0.15, 0.2) is 0 Å². The number of carboxylic acid groups (broad SMARTS) is 1. The van der Waals surface area contributed by atoms with Gasteiger partial charge in [0, 0.05) is 12.1 Å². The van der Waals surface area contributed by atoms with Crippen LogP contribution in [0, 0.1) is 0 Å². The number of hydrogen-bond acceptors (Lipinski definition) is 3. The van der Waals surface area contributed by atoms with Gasteiger partial charge in [-0.2, -0.15) is 0 Å². The van der Waals surface area contributed by atoms with Gasteiger partial charge in [-0.3, -0.25) is 9.59 Å². The van der Waals surface area contributed by atoms with E-state index >= 15 is 0 Å². The highest BCUT2D eigenvalue weighted by atomic mass is 16.4. The molecular weight excluding hydrogens is 256 g/mol. The number of rotatable bonds is 8. The van der Waals surface area contributed by atoms with Crippen molar-refractivity contribution in [2.45, 2.75) is 32.1 Å². The Hall–Kier alpha value is -1.88. The molecule has 20 heavy (non-hydrogen) atoms. The Morgan fingerprint density at radius 2 is 1.90 bits per heavy atom. The number of benzene rings is 1. The SMILES string of the molecule is CNCCCC(=O)Nc1ccc(C(C)CC(=O)O)cc1. The summed E-state index contributed by atoms with van der Waals surface area (Å²) in [6.07, 6.45) is 1.39. The number of hydrogen-bond donors (Lipinski definition) is 3. The Morgan fingerprint density at radius 3 is 2.45 bits per heavy atom. The van der Waals surface area contributed by atoms with Crippen molar-refractivity contribution in [3.63, 3.8) is 0 Å². The summed E-state index contributed by atoms with van der Waals surface area (Å²) < 4.78 is 0. The molecule has 0 fully saturated rings. The first kappa shape index (κ1) is 16.2. The van der Waals surface area contributed by atoms with Gasteiger partial charge in [-0.05, 0) is 43.6 Å². The van der Waals surface area contributed by atoms with E-state index < -0.39 is 5.97 Å². The van der Waals surface area contributed by atoms with E-state index in [4.69, 9.17) is 5.11 Å². The van der Waals surface area contributed by atoms with Crippen LogP contribution < -0.4 is 10.6 Å². The van der Waals surface area contributed by atoms with E-state index in [1.807, 2.05) is 38.2 Å². The Morgan fingerprint density at radius 1 is 1.25 bits per heavy atom. The normalized spacial score (nSPS) is 11.9. The zero-order valence-electron chi connectivity index (χ0n) is 12.0. The minimum atomic E-state index is -0.806. The number of amides is 1. The number of carboxylic acids is 1. The van der Waals surface area contributed by atoms with Crippen LogP contribution in [0.5, 0.6) is 0 Å². The molecule has 0 saturated carbocycles. The largest absolute Gasteiger partial charge is 0.481 e. The van der Waals surface area contributed by atoms with Gasteiger partial charge in [-0.1, -0.05) is 19.1 Å². The zero-order valence-corrected chi connectivity index (χ0v) is 12.0. The van der Waals surface area contributed by atoms with E-state index in [1.165, 1.54) is 0 Å². The van der Waals surface area contributed by atoms with Gasteiger partial charge >= 0.3 is 5.97 Å². The number of nitrogens with one attached hydrogen (secondary N) is 2. The summed E-state index contributed by atoms with van der Waals surface area (Å²) in [5.41, 5.74) is 1.70. The second-order valence-electron chi connectivity index (χ2n) is 4.88. The third kappa shape index (κ3) is 5.84. The topological polar surface area (TPSA) is 78.4 Å². The van der Waals surface area contributed by atoms with Gasteiger partial charge in [0.1, 0.15) is 0 Å². The molecule has 0 aromatic heterocycles. The lowest BCUT2D eigenvalue weighted by Gasteiger charge is -2.10. The third-order valence-electron chi connectivity index (χ3n) is 3.07. The average molecular weight is 278 g/mol. The van der Waals surface area contributed by atoms with Crippen molar-refractivity contribution in [3.8, 4) is 0 Å². The number of carbonyl (C=O) groups excluding carboxylic acids is 1. The van der Waals surface area contributed by atoms with Gasteiger partial charge < -0.3 is 15.7 Å². The van der Waals surface area contributed by atoms with Crippen molar-refractivity contribution < 1.29 is 14.7 Å². The van der Waals surface area contributed by atoms with Gasteiger partial charge in [0.25, 0.3) is 0 Å². The number of anilines is 1. The van der Waals surface area contributed by atoms with Gasteiger partial charge in [-0.15, -0.1) is 0 Å². The molecule has 0 aliphatic carbocycles. The summed E-state index contributed by atoms with van der Waals surface area (Å²) in [4.78, 5) is 22.3. The van der Waals surface area contributed by atoms with E-state index in [0.29, 0.717) is 6.42 Å². The lowest BCUT2D eigenvalue weighted by atomic mass is 9.98. The van der Waals surface area contributed by atoms with Crippen molar-refractivity contribution >= 4 is 17.6 Å². The summed E-state index contributed by atoms with van der Waals surface area (Å²) in [7, 11) is 1.86. The number of carbonyl (C=O) groups is 2. The summed E-state index contributed by atoms with van der Waals surface area (Å²) in [6.45, 7) is 2.69. The summed E-state index contributed by atoms with van der Waals surface area (Å²) in [5, 5.41) is 14.6. The molecule has 0 radical (unpaired) electrons. The van der Waals surface area contributed by atoms with E-state index in [9.17, 15) is 9.59 Å². The molecule has 0 aliphatic heterocycles. The molecule has 1 unspecified atom stereocenters. The molecule has 110 valence electrons. The first-order valence-electron chi connectivity index (χ1n) is 6.79. The highest BCUT2D eigenvalue weighted by Gasteiger charge is 2.10. The lowest BCUT2D eigenvalue weighted by molar-refractivity contribution is -0.137. The Labute approximate surface area is 119 Å². The molecule has 1 rings (SSSR count). The van der Waals surface area contributed by atoms with Crippen molar-refractivity contribution in [3.05, 3.63) is 29.8 Å². The maximum atomic E-state index is 11.6. The summed E-state index contributed by atoms with van der Waals surface area (Å²) >= 11 is 0. The molecule has 3 N–H and O–H groups in total. The second kappa shape index (κ2) is 8.32. The van der Waals surface area contributed by atoms with Crippen molar-refractivity contribution in [1.29, 1.82) is 0 Å². The predicted molar refractivity (Wildman–Crippen MR) is 78.9 cm³/mol. The maximum absolute atomic E-state index is 11.6. The smallest absolute Gasteiger partial charge is 0.303 e. The fraction of sp³-hybridized carbons (Fsp3) is 0.467. The minimum Gasteiger partial charge on any atom is -0.481 e. The monoisotopic (exact) mass is 278 g/mol. The highest BCUT2D eigenvalue weighted by Crippen LogP contribution is 2.21. The van der Waals surface area contributed by atoms with E-state index in [-0.39, 0.29) is 18.2 Å². The van der Waals surface area contributed by atoms with E-state index in [0.717, 1.165) is 24.2 Å². The molecular formula is C15H22N2O3. The number of aliphatic carboxylic acids is 1. The van der Waals surface area contributed by atoms with Crippen LogP contribution in [0.2, 0.25) is 0 Å². The van der Waals surface area contributed by atoms with Crippen LogP contribution in [0.3, 0.4) is 0 Å². The summed E-state index contributed by atoms with van der Waals surface area (Å²) in [6, 6.07) is 7.33. The summed E-state index contributed by atoms with van der Waals surface area (Å²) in [5.74, 6) is -0.848.